The first-order chi connectivity index (χ1) is 13.7. The van der Waals surface area contributed by atoms with Crippen molar-refractivity contribution in [1.29, 1.82) is 0 Å². The average molecular weight is 377 g/mol. The molecule has 0 radical (unpaired) electrons. The molecular weight excluding hydrogens is 354 g/mol. The van der Waals surface area contributed by atoms with E-state index in [4.69, 9.17) is 9.47 Å². The molecule has 3 aliphatic rings. The van der Waals surface area contributed by atoms with Gasteiger partial charge in [0, 0.05) is 50.2 Å². The van der Waals surface area contributed by atoms with E-state index in [9.17, 15) is 4.79 Å². The van der Waals surface area contributed by atoms with Gasteiger partial charge in [-0.05, 0) is 36.8 Å². The smallest absolute Gasteiger partial charge is 0.257 e. The van der Waals surface area contributed by atoms with Crippen LogP contribution in [-0.2, 0) is 11.3 Å². The van der Waals surface area contributed by atoms with Gasteiger partial charge in [-0.3, -0.25) is 9.69 Å². The molecule has 0 aliphatic carbocycles. The summed E-state index contributed by atoms with van der Waals surface area (Å²) in [5, 5.41) is 2.96. The lowest BCUT2D eigenvalue weighted by Gasteiger charge is -2.34. The van der Waals surface area contributed by atoms with Gasteiger partial charge in [0.2, 0.25) is 6.79 Å². The van der Waals surface area contributed by atoms with Crippen molar-refractivity contribution >= 4 is 17.2 Å². The van der Waals surface area contributed by atoms with E-state index in [1.54, 1.807) is 0 Å². The molecule has 5 rings (SSSR count). The SMILES string of the molecule is Cc1ccc2c(c1)/C(=C\N1CCN(Cc3ccc4c(c3)OCO4)CC1)C(=O)N2. The molecule has 28 heavy (non-hydrogen) atoms. The van der Waals surface area contributed by atoms with Crippen LogP contribution in [-0.4, -0.2) is 48.7 Å². The van der Waals surface area contributed by atoms with Crippen LogP contribution in [0.2, 0.25) is 0 Å². The first-order valence-corrected chi connectivity index (χ1v) is 9.65. The minimum Gasteiger partial charge on any atom is -0.454 e. The number of amides is 1. The zero-order valence-electron chi connectivity index (χ0n) is 15.9. The van der Waals surface area contributed by atoms with Gasteiger partial charge in [-0.25, -0.2) is 0 Å². The highest BCUT2D eigenvalue weighted by Crippen LogP contribution is 2.34. The Morgan fingerprint density at radius 3 is 2.71 bits per heavy atom. The van der Waals surface area contributed by atoms with Crippen LogP contribution < -0.4 is 14.8 Å². The molecule has 0 bridgehead atoms. The molecule has 2 aromatic carbocycles. The van der Waals surface area contributed by atoms with Crippen molar-refractivity contribution in [1.82, 2.24) is 9.80 Å². The Hall–Kier alpha value is -2.99. The van der Waals surface area contributed by atoms with Crippen molar-refractivity contribution < 1.29 is 14.3 Å². The van der Waals surface area contributed by atoms with Crippen molar-refractivity contribution in [2.75, 3.05) is 38.3 Å². The number of carbonyl (C=O) groups excluding carboxylic acids is 1. The predicted molar refractivity (Wildman–Crippen MR) is 107 cm³/mol. The van der Waals surface area contributed by atoms with Crippen LogP contribution in [0.15, 0.2) is 42.6 Å². The number of nitrogens with one attached hydrogen (secondary N) is 1. The highest BCUT2D eigenvalue weighted by Gasteiger charge is 2.26. The molecule has 1 fully saturated rings. The molecule has 0 aromatic heterocycles. The Balaban J connectivity index is 1.24. The van der Waals surface area contributed by atoms with Crippen LogP contribution >= 0.6 is 0 Å². The number of carbonyl (C=O) groups is 1. The monoisotopic (exact) mass is 377 g/mol. The number of piperazine rings is 1. The maximum absolute atomic E-state index is 12.4. The Labute approximate surface area is 164 Å². The molecule has 2 aromatic rings. The van der Waals surface area contributed by atoms with Crippen molar-refractivity contribution in [3.63, 3.8) is 0 Å². The van der Waals surface area contributed by atoms with E-state index >= 15 is 0 Å². The minimum atomic E-state index is -0.0108. The van der Waals surface area contributed by atoms with E-state index in [0.29, 0.717) is 6.79 Å². The molecule has 6 heteroatoms. The topological polar surface area (TPSA) is 54.0 Å². The summed E-state index contributed by atoms with van der Waals surface area (Å²) < 4.78 is 10.9. The molecular formula is C22H23N3O3. The van der Waals surface area contributed by atoms with Gasteiger partial charge in [0.25, 0.3) is 5.91 Å². The molecule has 1 N–H and O–H groups in total. The number of ether oxygens (including phenoxy) is 2. The Morgan fingerprint density at radius 2 is 1.86 bits per heavy atom. The third-order valence-corrected chi connectivity index (χ3v) is 5.52. The lowest BCUT2D eigenvalue weighted by molar-refractivity contribution is -0.110. The number of rotatable bonds is 3. The molecule has 0 atom stereocenters. The minimum absolute atomic E-state index is 0.0108. The van der Waals surface area contributed by atoms with E-state index in [1.807, 2.05) is 24.4 Å². The van der Waals surface area contributed by atoms with Crippen molar-refractivity contribution in [2.24, 2.45) is 0 Å². The number of hydrogen-bond donors (Lipinski definition) is 1. The van der Waals surface area contributed by atoms with Crippen LogP contribution in [0.5, 0.6) is 11.5 Å². The van der Waals surface area contributed by atoms with Gasteiger partial charge < -0.3 is 19.7 Å². The van der Waals surface area contributed by atoms with E-state index < -0.39 is 0 Å². The van der Waals surface area contributed by atoms with Gasteiger partial charge in [0.15, 0.2) is 11.5 Å². The van der Waals surface area contributed by atoms with E-state index in [-0.39, 0.29) is 5.91 Å². The number of hydrogen-bond acceptors (Lipinski definition) is 5. The summed E-state index contributed by atoms with van der Waals surface area (Å²) in [6.07, 6.45) is 2.03. The highest BCUT2D eigenvalue weighted by atomic mass is 16.7. The fraction of sp³-hybridized carbons (Fsp3) is 0.318. The first kappa shape index (κ1) is 17.1. The lowest BCUT2D eigenvalue weighted by atomic mass is 10.1. The average Bonchev–Trinajstić information content (AvgIpc) is 3.27. The summed E-state index contributed by atoms with van der Waals surface area (Å²) in [5.41, 5.74) is 5.07. The zero-order valence-corrected chi connectivity index (χ0v) is 15.9. The number of benzene rings is 2. The van der Waals surface area contributed by atoms with E-state index in [2.05, 4.69) is 40.2 Å². The summed E-state index contributed by atoms with van der Waals surface area (Å²) in [6.45, 7) is 6.98. The van der Waals surface area contributed by atoms with Crippen LogP contribution in [0.25, 0.3) is 5.57 Å². The fourth-order valence-corrected chi connectivity index (χ4v) is 3.96. The van der Waals surface area contributed by atoms with Crippen LogP contribution in [0, 0.1) is 6.92 Å². The second kappa shape index (κ2) is 6.87. The summed E-state index contributed by atoms with van der Waals surface area (Å²) in [4.78, 5) is 17.1. The van der Waals surface area contributed by atoms with Gasteiger partial charge in [-0.1, -0.05) is 17.7 Å². The summed E-state index contributed by atoms with van der Waals surface area (Å²) >= 11 is 0. The Morgan fingerprint density at radius 1 is 1.04 bits per heavy atom. The molecule has 0 unspecified atom stereocenters. The van der Waals surface area contributed by atoms with Crippen molar-refractivity contribution in [3.05, 3.63) is 59.3 Å². The van der Waals surface area contributed by atoms with Gasteiger partial charge in [-0.15, -0.1) is 0 Å². The summed E-state index contributed by atoms with van der Waals surface area (Å²) in [6, 6.07) is 12.2. The number of aryl methyl sites for hydroxylation is 1. The van der Waals surface area contributed by atoms with Crippen LogP contribution in [0.1, 0.15) is 16.7 Å². The first-order valence-electron chi connectivity index (χ1n) is 9.65. The third kappa shape index (κ3) is 3.20. The highest BCUT2D eigenvalue weighted by molar-refractivity contribution is 6.31. The van der Waals surface area contributed by atoms with Crippen LogP contribution in [0.3, 0.4) is 0 Å². The molecule has 3 aliphatic heterocycles. The van der Waals surface area contributed by atoms with Crippen molar-refractivity contribution in [2.45, 2.75) is 13.5 Å². The molecule has 1 saturated heterocycles. The van der Waals surface area contributed by atoms with Crippen molar-refractivity contribution in [3.8, 4) is 11.5 Å². The van der Waals surface area contributed by atoms with Gasteiger partial charge in [-0.2, -0.15) is 0 Å². The van der Waals surface area contributed by atoms with Gasteiger partial charge in [0.1, 0.15) is 0 Å². The molecule has 3 heterocycles. The van der Waals surface area contributed by atoms with Gasteiger partial charge >= 0.3 is 0 Å². The Kier molecular flexibility index (Phi) is 4.20. The van der Waals surface area contributed by atoms with E-state index in [0.717, 1.165) is 66.6 Å². The molecule has 6 nitrogen and oxygen atoms in total. The van der Waals surface area contributed by atoms with Crippen LogP contribution in [0.4, 0.5) is 5.69 Å². The number of nitrogens with zero attached hydrogens (tertiary/aromatic N) is 2. The summed E-state index contributed by atoms with van der Waals surface area (Å²) in [7, 11) is 0. The number of fused-ring (bicyclic) bond motifs is 2. The molecule has 1 amide bonds. The molecule has 0 spiro atoms. The zero-order chi connectivity index (χ0) is 19.1. The predicted octanol–water partition coefficient (Wildman–Crippen LogP) is 2.83. The molecule has 144 valence electrons. The second-order valence-electron chi connectivity index (χ2n) is 7.55. The number of anilines is 1. The quantitative estimate of drug-likeness (QED) is 0.834. The largest absolute Gasteiger partial charge is 0.454 e. The Bertz CT molecular complexity index is 961. The standard InChI is InChI=1S/C22H23N3O3/c1-15-2-4-19-17(10-15)18(22(26)23-19)13-25-8-6-24(7-9-25)12-16-3-5-20-21(11-16)28-14-27-20/h2-5,10-11,13H,6-9,12,14H2,1H3,(H,23,26)/b18-13+. The van der Waals surface area contributed by atoms with Gasteiger partial charge in [0.05, 0.1) is 5.57 Å². The summed E-state index contributed by atoms with van der Waals surface area (Å²) in [5.74, 6) is 1.65. The maximum atomic E-state index is 12.4. The maximum Gasteiger partial charge on any atom is 0.257 e. The molecule has 0 saturated carbocycles. The lowest BCUT2D eigenvalue weighted by Crippen LogP contribution is -2.43. The third-order valence-electron chi connectivity index (χ3n) is 5.52. The van der Waals surface area contributed by atoms with E-state index in [1.165, 1.54) is 5.56 Å². The second-order valence-corrected chi connectivity index (χ2v) is 7.55. The normalized spacial score (nSPS) is 19.8. The fourth-order valence-electron chi connectivity index (χ4n) is 3.96.